The van der Waals surface area contributed by atoms with Gasteiger partial charge in [-0.2, -0.15) is 0 Å². The summed E-state index contributed by atoms with van der Waals surface area (Å²) in [5.41, 5.74) is 1.80. The van der Waals surface area contributed by atoms with Crippen molar-refractivity contribution in [3.8, 4) is 0 Å². The molecule has 90 valence electrons. The van der Waals surface area contributed by atoms with Crippen LogP contribution in [0.15, 0.2) is 54.6 Å². The highest BCUT2D eigenvalue weighted by Gasteiger charge is 2.38. The van der Waals surface area contributed by atoms with Gasteiger partial charge in [0.1, 0.15) is 5.82 Å². The molecule has 3 heteroatoms. The molecule has 0 radical (unpaired) electrons. The van der Waals surface area contributed by atoms with Crippen LogP contribution in [0.2, 0.25) is 0 Å². The highest BCUT2D eigenvalue weighted by Crippen LogP contribution is 2.32. The van der Waals surface area contributed by atoms with Crippen molar-refractivity contribution < 1.29 is 9.18 Å². The number of nitrogens with zero attached hydrogens (tertiary/aromatic N) is 1. The second-order valence-corrected chi connectivity index (χ2v) is 4.39. The Labute approximate surface area is 105 Å². The van der Waals surface area contributed by atoms with Gasteiger partial charge in [-0.1, -0.05) is 30.3 Å². The summed E-state index contributed by atoms with van der Waals surface area (Å²) >= 11 is 0. The Kier molecular flexibility index (Phi) is 2.59. The molecule has 1 aliphatic heterocycles. The van der Waals surface area contributed by atoms with E-state index in [-0.39, 0.29) is 17.6 Å². The number of hydrogen-bond donors (Lipinski definition) is 0. The summed E-state index contributed by atoms with van der Waals surface area (Å²) in [6.45, 7) is 0.661. The van der Waals surface area contributed by atoms with Crippen molar-refractivity contribution in [1.82, 2.24) is 0 Å². The number of amides is 1. The van der Waals surface area contributed by atoms with Gasteiger partial charge in [-0.05, 0) is 29.8 Å². The van der Waals surface area contributed by atoms with Crippen LogP contribution in [0.3, 0.4) is 0 Å². The molecule has 1 atom stereocenters. The van der Waals surface area contributed by atoms with Gasteiger partial charge in [-0.15, -0.1) is 0 Å². The van der Waals surface area contributed by atoms with Crippen LogP contribution in [0.4, 0.5) is 10.1 Å². The fraction of sp³-hybridized carbons (Fsp3) is 0.133. The molecule has 0 saturated carbocycles. The molecule has 0 bridgehead atoms. The highest BCUT2D eigenvalue weighted by molar-refractivity contribution is 6.04. The second kappa shape index (κ2) is 4.26. The van der Waals surface area contributed by atoms with Gasteiger partial charge in [0.25, 0.3) is 0 Å². The lowest BCUT2D eigenvalue weighted by Crippen LogP contribution is -2.50. The smallest absolute Gasteiger partial charge is 0.236 e. The summed E-state index contributed by atoms with van der Waals surface area (Å²) in [5.74, 6) is -0.268. The predicted octanol–water partition coefficient (Wildman–Crippen LogP) is 2.96. The molecular weight excluding hydrogens is 229 g/mol. The maximum Gasteiger partial charge on any atom is 0.236 e. The first-order chi connectivity index (χ1) is 8.75. The Morgan fingerprint density at radius 1 is 1.00 bits per heavy atom. The summed E-state index contributed by atoms with van der Waals surface area (Å²) < 4.78 is 12.8. The third-order valence-electron chi connectivity index (χ3n) is 3.27. The average Bonchev–Trinajstić information content (AvgIpc) is 2.41. The topological polar surface area (TPSA) is 20.3 Å². The summed E-state index contributed by atoms with van der Waals surface area (Å²) in [4.78, 5) is 13.8. The van der Waals surface area contributed by atoms with Crippen molar-refractivity contribution in [3.63, 3.8) is 0 Å². The zero-order chi connectivity index (χ0) is 12.5. The van der Waals surface area contributed by atoms with Gasteiger partial charge in [0, 0.05) is 12.2 Å². The molecule has 1 unspecified atom stereocenters. The van der Waals surface area contributed by atoms with E-state index in [1.807, 2.05) is 30.3 Å². The van der Waals surface area contributed by atoms with E-state index in [4.69, 9.17) is 0 Å². The summed E-state index contributed by atoms with van der Waals surface area (Å²) in [6, 6.07) is 15.7. The number of hydrogen-bond acceptors (Lipinski definition) is 1. The van der Waals surface area contributed by atoms with Gasteiger partial charge in [0.05, 0.1) is 5.92 Å². The first kappa shape index (κ1) is 11.0. The standard InChI is InChI=1S/C15H12FNO/c16-12-6-8-13(9-7-12)17-10-14(15(17)18)11-4-2-1-3-5-11/h1-9,14H,10H2. The van der Waals surface area contributed by atoms with Crippen LogP contribution in [-0.2, 0) is 4.79 Å². The molecule has 0 aromatic heterocycles. The van der Waals surface area contributed by atoms with Crippen molar-refractivity contribution in [1.29, 1.82) is 0 Å². The molecular formula is C15H12FNO. The molecule has 1 amide bonds. The minimum Gasteiger partial charge on any atom is -0.311 e. The van der Waals surface area contributed by atoms with Gasteiger partial charge in [-0.25, -0.2) is 4.39 Å². The Morgan fingerprint density at radius 3 is 2.28 bits per heavy atom. The van der Waals surface area contributed by atoms with E-state index < -0.39 is 0 Å². The molecule has 2 aromatic carbocycles. The summed E-state index contributed by atoms with van der Waals surface area (Å²) in [5, 5.41) is 0. The Bertz CT molecular complexity index is 565. The maximum atomic E-state index is 12.8. The van der Waals surface area contributed by atoms with E-state index in [2.05, 4.69) is 0 Å². The van der Waals surface area contributed by atoms with Crippen LogP contribution in [0.25, 0.3) is 0 Å². The van der Waals surface area contributed by atoms with E-state index in [0.29, 0.717) is 6.54 Å². The quantitative estimate of drug-likeness (QED) is 0.740. The number of carbonyl (C=O) groups excluding carboxylic acids is 1. The molecule has 2 nitrogen and oxygen atoms in total. The number of carbonyl (C=O) groups is 1. The monoisotopic (exact) mass is 241 g/mol. The second-order valence-electron chi connectivity index (χ2n) is 4.39. The maximum absolute atomic E-state index is 12.8. The van der Waals surface area contributed by atoms with Crippen molar-refractivity contribution in [2.75, 3.05) is 11.4 Å². The molecule has 1 saturated heterocycles. The molecule has 3 rings (SSSR count). The minimum atomic E-state index is -0.286. The number of anilines is 1. The van der Waals surface area contributed by atoms with E-state index in [9.17, 15) is 9.18 Å². The van der Waals surface area contributed by atoms with Gasteiger partial charge in [0.2, 0.25) is 5.91 Å². The minimum absolute atomic E-state index is 0.0590. The lowest BCUT2D eigenvalue weighted by Gasteiger charge is -2.38. The lowest BCUT2D eigenvalue weighted by molar-refractivity contribution is -0.124. The SMILES string of the molecule is O=C1C(c2ccccc2)CN1c1ccc(F)cc1. The first-order valence-electron chi connectivity index (χ1n) is 5.87. The normalized spacial score (nSPS) is 18.6. The molecule has 0 spiro atoms. The van der Waals surface area contributed by atoms with Gasteiger partial charge >= 0.3 is 0 Å². The fourth-order valence-electron chi connectivity index (χ4n) is 2.21. The van der Waals surface area contributed by atoms with E-state index >= 15 is 0 Å². The molecule has 1 heterocycles. The predicted molar refractivity (Wildman–Crippen MR) is 67.9 cm³/mol. The Hall–Kier alpha value is -2.16. The number of halogens is 1. The Balaban J connectivity index is 1.77. The molecule has 2 aromatic rings. The van der Waals surface area contributed by atoms with E-state index in [1.165, 1.54) is 12.1 Å². The average molecular weight is 241 g/mol. The Morgan fingerprint density at radius 2 is 1.67 bits per heavy atom. The first-order valence-corrected chi connectivity index (χ1v) is 5.87. The summed E-state index contributed by atoms with van der Waals surface area (Å²) in [7, 11) is 0. The van der Waals surface area contributed by atoms with Crippen LogP contribution < -0.4 is 4.90 Å². The van der Waals surface area contributed by atoms with Crippen molar-refractivity contribution >= 4 is 11.6 Å². The zero-order valence-electron chi connectivity index (χ0n) is 9.71. The van der Waals surface area contributed by atoms with Gasteiger partial charge in [-0.3, -0.25) is 4.79 Å². The lowest BCUT2D eigenvalue weighted by atomic mass is 9.90. The molecule has 0 N–H and O–H groups in total. The van der Waals surface area contributed by atoms with Crippen molar-refractivity contribution in [3.05, 3.63) is 66.0 Å². The molecule has 0 aliphatic carbocycles. The molecule has 1 aliphatic rings. The zero-order valence-corrected chi connectivity index (χ0v) is 9.71. The third-order valence-corrected chi connectivity index (χ3v) is 3.27. The van der Waals surface area contributed by atoms with Crippen LogP contribution in [0.1, 0.15) is 11.5 Å². The van der Waals surface area contributed by atoms with Crippen molar-refractivity contribution in [2.45, 2.75) is 5.92 Å². The molecule has 1 fully saturated rings. The van der Waals surface area contributed by atoms with Crippen LogP contribution in [-0.4, -0.2) is 12.5 Å². The summed E-state index contributed by atoms with van der Waals surface area (Å²) in [6.07, 6.45) is 0. The highest BCUT2D eigenvalue weighted by atomic mass is 19.1. The number of rotatable bonds is 2. The largest absolute Gasteiger partial charge is 0.311 e. The van der Waals surface area contributed by atoms with Crippen LogP contribution >= 0.6 is 0 Å². The number of β-lactam (4-membered cyclic amide) rings is 1. The van der Waals surface area contributed by atoms with E-state index in [1.54, 1.807) is 17.0 Å². The van der Waals surface area contributed by atoms with Crippen LogP contribution in [0, 0.1) is 5.82 Å². The van der Waals surface area contributed by atoms with Crippen LogP contribution in [0.5, 0.6) is 0 Å². The van der Waals surface area contributed by atoms with Crippen molar-refractivity contribution in [2.24, 2.45) is 0 Å². The number of benzene rings is 2. The third kappa shape index (κ3) is 1.78. The van der Waals surface area contributed by atoms with Gasteiger partial charge in [0.15, 0.2) is 0 Å². The fourth-order valence-corrected chi connectivity index (χ4v) is 2.21. The van der Waals surface area contributed by atoms with E-state index in [0.717, 1.165) is 11.3 Å². The molecule has 18 heavy (non-hydrogen) atoms. The van der Waals surface area contributed by atoms with Gasteiger partial charge < -0.3 is 4.90 Å².